The van der Waals surface area contributed by atoms with Crippen molar-refractivity contribution in [1.29, 1.82) is 0 Å². The second-order valence-corrected chi connectivity index (χ2v) is 6.28. The van der Waals surface area contributed by atoms with E-state index in [1.807, 2.05) is 12.1 Å². The van der Waals surface area contributed by atoms with E-state index in [9.17, 15) is 9.90 Å². The first kappa shape index (κ1) is 15.6. The average Bonchev–Trinajstić information content (AvgIpc) is 3.06. The molecule has 0 amide bonds. The van der Waals surface area contributed by atoms with Crippen molar-refractivity contribution in [2.45, 2.75) is 0 Å². The van der Waals surface area contributed by atoms with Crippen molar-refractivity contribution in [3.05, 3.63) is 42.1 Å². The number of carboxylic acid groups (broad SMARTS) is 1. The van der Waals surface area contributed by atoms with Gasteiger partial charge < -0.3 is 19.9 Å². The van der Waals surface area contributed by atoms with Crippen LogP contribution in [0.3, 0.4) is 0 Å². The summed E-state index contributed by atoms with van der Waals surface area (Å²) < 4.78 is 0. The molecule has 7 heteroatoms. The predicted octanol–water partition coefficient (Wildman–Crippen LogP) is 2.07. The zero-order valence-corrected chi connectivity index (χ0v) is 13.9. The molecule has 0 spiro atoms. The maximum atomic E-state index is 11.3. The van der Waals surface area contributed by atoms with Crippen molar-refractivity contribution in [3.8, 4) is 11.4 Å². The lowest BCUT2D eigenvalue weighted by molar-refractivity contribution is 0.0698. The van der Waals surface area contributed by atoms with Crippen molar-refractivity contribution in [1.82, 2.24) is 19.9 Å². The van der Waals surface area contributed by atoms with Crippen LogP contribution in [0.4, 0.5) is 5.69 Å². The maximum absolute atomic E-state index is 11.3. The van der Waals surface area contributed by atoms with Gasteiger partial charge in [0.1, 0.15) is 5.82 Å². The van der Waals surface area contributed by atoms with Gasteiger partial charge in [0.15, 0.2) is 5.65 Å². The Morgan fingerprint density at radius 2 is 1.84 bits per heavy atom. The smallest absolute Gasteiger partial charge is 0.338 e. The van der Waals surface area contributed by atoms with E-state index in [0.29, 0.717) is 17.0 Å². The molecule has 3 heterocycles. The van der Waals surface area contributed by atoms with Gasteiger partial charge in [0.25, 0.3) is 0 Å². The molecule has 1 saturated heterocycles. The minimum absolute atomic E-state index is 0.179. The number of carbonyl (C=O) groups is 1. The first-order chi connectivity index (χ1) is 12.1. The molecular formula is C18H19N5O2. The van der Waals surface area contributed by atoms with Crippen LogP contribution in [0.1, 0.15) is 10.4 Å². The Labute approximate surface area is 144 Å². The van der Waals surface area contributed by atoms with E-state index in [2.05, 4.69) is 43.9 Å². The van der Waals surface area contributed by atoms with E-state index >= 15 is 0 Å². The monoisotopic (exact) mass is 337 g/mol. The first-order valence-electron chi connectivity index (χ1n) is 8.24. The Hall–Kier alpha value is -2.93. The lowest BCUT2D eigenvalue weighted by Crippen LogP contribution is -2.44. The fourth-order valence-corrected chi connectivity index (χ4v) is 3.12. The molecule has 1 aliphatic rings. The number of pyridine rings is 1. The van der Waals surface area contributed by atoms with Gasteiger partial charge in [-0.2, -0.15) is 0 Å². The molecule has 2 aromatic heterocycles. The number of imidazole rings is 1. The van der Waals surface area contributed by atoms with Crippen molar-refractivity contribution in [2.24, 2.45) is 0 Å². The Balaban J connectivity index is 1.63. The average molecular weight is 337 g/mol. The van der Waals surface area contributed by atoms with Gasteiger partial charge in [-0.05, 0) is 37.4 Å². The van der Waals surface area contributed by atoms with Gasteiger partial charge in [-0.15, -0.1) is 0 Å². The summed E-state index contributed by atoms with van der Waals surface area (Å²) in [6.07, 6.45) is 1.47. The third-order valence-electron chi connectivity index (χ3n) is 4.63. The SMILES string of the molecule is CN1CCN(c2ccc(-c3nc4nccc(C(=O)O)c4[nH]3)cc2)CC1. The van der Waals surface area contributed by atoms with Crippen LogP contribution in [0.5, 0.6) is 0 Å². The number of benzene rings is 1. The normalized spacial score (nSPS) is 15.6. The molecule has 4 rings (SSSR count). The van der Waals surface area contributed by atoms with Gasteiger partial charge in [-0.3, -0.25) is 0 Å². The molecule has 0 aliphatic carbocycles. The number of anilines is 1. The van der Waals surface area contributed by atoms with Crippen LogP contribution in [-0.4, -0.2) is 64.2 Å². The topological polar surface area (TPSA) is 85.3 Å². The molecule has 1 aliphatic heterocycles. The summed E-state index contributed by atoms with van der Waals surface area (Å²) >= 11 is 0. The first-order valence-corrected chi connectivity index (χ1v) is 8.24. The molecule has 7 nitrogen and oxygen atoms in total. The summed E-state index contributed by atoms with van der Waals surface area (Å²) in [5.41, 5.74) is 3.15. The molecule has 0 atom stereocenters. The standard InChI is InChI=1S/C18H19N5O2/c1-22-8-10-23(11-9-22)13-4-2-12(3-5-13)16-20-15-14(18(24)25)6-7-19-17(15)21-16/h2-7H,8-11H2,1H3,(H,24,25)(H,19,20,21). The van der Waals surface area contributed by atoms with Gasteiger partial charge in [0.05, 0.1) is 11.1 Å². The number of aromatic carboxylic acids is 1. The number of nitrogens with zero attached hydrogens (tertiary/aromatic N) is 4. The van der Waals surface area contributed by atoms with Crippen molar-refractivity contribution < 1.29 is 9.90 Å². The molecule has 0 unspecified atom stereocenters. The molecule has 0 radical (unpaired) electrons. The number of fused-ring (bicyclic) bond motifs is 1. The van der Waals surface area contributed by atoms with Crippen LogP contribution >= 0.6 is 0 Å². The van der Waals surface area contributed by atoms with Gasteiger partial charge in [0, 0.05) is 43.6 Å². The minimum atomic E-state index is -0.993. The second kappa shape index (κ2) is 6.18. The molecule has 1 fully saturated rings. The fourth-order valence-electron chi connectivity index (χ4n) is 3.12. The van der Waals surface area contributed by atoms with Gasteiger partial charge in [-0.25, -0.2) is 14.8 Å². The van der Waals surface area contributed by atoms with Crippen molar-refractivity contribution in [2.75, 3.05) is 38.1 Å². The number of hydrogen-bond donors (Lipinski definition) is 2. The fraction of sp³-hybridized carbons (Fsp3) is 0.278. The lowest BCUT2D eigenvalue weighted by Gasteiger charge is -2.34. The van der Waals surface area contributed by atoms with E-state index in [0.717, 1.165) is 31.7 Å². The van der Waals surface area contributed by atoms with Gasteiger partial charge >= 0.3 is 5.97 Å². The summed E-state index contributed by atoms with van der Waals surface area (Å²) in [6.45, 7) is 4.17. The zero-order chi connectivity index (χ0) is 17.4. The highest BCUT2D eigenvalue weighted by molar-refractivity contribution is 6.00. The number of H-pyrrole nitrogens is 1. The number of piperazine rings is 1. The van der Waals surface area contributed by atoms with Gasteiger partial charge in [0.2, 0.25) is 0 Å². The number of aromatic amines is 1. The summed E-state index contributed by atoms with van der Waals surface area (Å²) in [5.74, 6) is -0.367. The quantitative estimate of drug-likeness (QED) is 0.761. The molecule has 25 heavy (non-hydrogen) atoms. The molecule has 128 valence electrons. The summed E-state index contributed by atoms with van der Waals surface area (Å²) in [7, 11) is 2.14. The van der Waals surface area contributed by atoms with Crippen LogP contribution in [0, 0.1) is 0 Å². The minimum Gasteiger partial charge on any atom is -0.478 e. The molecule has 0 bridgehead atoms. The highest BCUT2D eigenvalue weighted by Crippen LogP contribution is 2.24. The van der Waals surface area contributed by atoms with Crippen LogP contribution in [0.25, 0.3) is 22.6 Å². The van der Waals surface area contributed by atoms with Crippen LogP contribution in [-0.2, 0) is 0 Å². The molecule has 3 aromatic rings. The summed E-state index contributed by atoms with van der Waals surface area (Å²) in [6, 6.07) is 9.65. The van der Waals surface area contributed by atoms with Crippen molar-refractivity contribution in [3.63, 3.8) is 0 Å². The van der Waals surface area contributed by atoms with E-state index in [-0.39, 0.29) is 5.56 Å². The number of nitrogens with one attached hydrogen (secondary N) is 1. The zero-order valence-electron chi connectivity index (χ0n) is 13.9. The maximum Gasteiger partial charge on any atom is 0.338 e. The Kier molecular flexibility index (Phi) is 3.85. The predicted molar refractivity (Wildman–Crippen MR) is 96.0 cm³/mol. The number of aromatic nitrogens is 3. The molecular weight excluding hydrogens is 318 g/mol. The number of rotatable bonds is 3. The van der Waals surface area contributed by atoms with Gasteiger partial charge in [-0.1, -0.05) is 0 Å². The second-order valence-electron chi connectivity index (χ2n) is 6.28. The van der Waals surface area contributed by atoms with Crippen LogP contribution in [0.2, 0.25) is 0 Å². The van der Waals surface area contributed by atoms with E-state index in [1.165, 1.54) is 18.0 Å². The molecule has 1 aromatic carbocycles. The summed E-state index contributed by atoms with van der Waals surface area (Å²) in [4.78, 5) is 27.7. The Bertz CT molecular complexity index is 911. The Morgan fingerprint density at radius 1 is 1.12 bits per heavy atom. The Morgan fingerprint density at radius 3 is 2.52 bits per heavy atom. The molecule has 2 N–H and O–H groups in total. The lowest BCUT2D eigenvalue weighted by atomic mass is 10.1. The van der Waals surface area contributed by atoms with Crippen LogP contribution in [0.15, 0.2) is 36.5 Å². The number of hydrogen-bond acceptors (Lipinski definition) is 5. The van der Waals surface area contributed by atoms with Crippen molar-refractivity contribution >= 4 is 22.8 Å². The third-order valence-corrected chi connectivity index (χ3v) is 4.63. The molecule has 0 saturated carbocycles. The highest BCUT2D eigenvalue weighted by atomic mass is 16.4. The summed E-state index contributed by atoms with van der Waals surface area (Å²) in [5, 5.41) is 9.28. The third kappa shape index (κ3) is 2.94. The van der Waals surface area contributed by atoms with Crippen LogP contribution < -0.4 is 4.90 Å². The number of likely N-dealkylation sites (N-methyl/N-ethyl adjacent to an activating group) is 1. The highest BCUT2D eigenvalue weighted by Gasteiger charge is 2.16. The largest absolute Gasteiger partial charge is 0.478 e. The van der Waals surface area contributed by atoms with E-state index < -0.39 is 5.97 Å². The van der Waals surface area contributed by atoms with E-state index in [4.69, 9.17) is 0 Å². The number of carboxylic acids is 1. The van der Waals surface area contributed by atoms with E-state index in [1.54, 1.807) is 0 Å².